The summed E-state index contributed by atoms with van der Waals surface area (Å²) in [6.07, 6.45) is 6.35. The summed E-state index contributed by atoms with van der Waals surface area (Å²) < 4.78 is 1.88. The molecule has 2 aromatic heterocycles. The van der Waals surface area contributed by atoms with Crippen molar-refractivity contribution in [3.8, 4) is 5.82 Å². The maximum Gasteiger partial charge on any atom is 0.224 e. The Kier molecular flexibility index (Phi) is 6.53. The third-order valence-electron chi connectivity index (χ3n) is 6.37. The van der Waals surface area contributed by atoms with Gasteiger partial charge in [-0.25, -0.2) is 14.6 Å². The molecule has 7 heteroatoms. The average Bonchev–Trinajstić information content (AvgIpc) is 3.09. The van der Waals surface area contributed by atoms with E-state index in [4.69, 9.17) is 5.10 Å². The van der Waals surface area contributed by atoms with Gasteiger partial charge in [0.1, 0.15) is 12.1 Å². The van der Waals surface area contributed by atoms with Gasteiger partial charge in [0.15, 0.2) is 5.82 Å². The largest absolute Gasteiger partial charge is 0.356 e. The highest BCUT2D eigenvalue weighted by molar-refractivity contribution is 5.91. The third-order valence-corrected chi connectivity index (χ3v) is 6.37. The standard InChI is InChI=1S/C25H32N6O/c1-17-8-9-21(14-18(17)2)28-25(32)11-10-22-19(3)29-31(20(22)4)24-15-23(26-16-27-24)30-12-6-5-7-13-30/h8-9,14-16H,5-7,10-13H2,1-4H3,(H,28,32). The first-order valence-corrected chi connectivity index (χ1v) is 11.4. The molecule has 1 aliphatic heterocycles. The Morgan fingerprint density at radius 1 is 0.969 bits per heavy atom. The van der Waals surface area contributed by atoms with E-state index in [1.54, 1.807) is 6.33 Å². The Morgan fingerprint density at radius 3 is 2.47 bits per heavy atom. The molecule has 0 radical (unpaired) electrons. The van der Waals surface area contributed by atoms with Crippen LogP contribution in [0.3, 0.4) is 0 Å². The second kappa shape index (κ2) is 9.51. The number of nitrogens with zero attached hydrogens (tertiary/aromatic N) is 5. The first-order chi connectivity index (χ1) is 15.4. The molecule has 1 saturated heterocycles. The molecule has 0 saturated carbocycles. The van der Waals surface area contributed by atoms with Crippen LogP contribution >= 0.6 is 0 Å². The zero-order valence-corrected chi connectivity index (χ0v) is 19.5. The fourth-order valence-corrected chi connectivity index (χ4v) is 4.29. The number of aryl methyl sites for hydroxylation is 3. The van der Waals surface area contributed by atoms with Crippen molar-refractivity contribution in [3.05, 3.63) is 58.7 Å². The Morgan fingerprint density at radius 2 is 1.72 bits per heavy atom. The molecule has 168 valence electrons. The van der Waals surface area contributed by atoms with Crippen LogP contribution in [0.5, 0.6) is 0 Å². The molecule has 1 aromatic carbocycles. The lowest BCUT2D eigenvalue weighted by molar-refractivity contribution is -0.116. The van der Waals surface area contributed by atoms with Gasteiger partial charge in [0.2, 0.25) is 5.91 Å². The van der Waals surface area contributed by atoms with Gasteiger partial charge in [-0.05, 0) is 82.2 Å². The van der Waals surface area contributed by atoms with Gasteiger partial charge in [0, 0.05) is 37.0 Å². The topological polar surface area (TPSA) is 75.9 Å². The molecule has 1 fully saturated rings. The number of anilines is 2. The summed E-state index contributed by atoms with van der Waals surface area (Å²) in [6.45, 7) is 10.2. The maximum atomic E-state index is 12.5. The molecular weight excluding hydrogens is 400 g/mol. The van der Waals surface area contributed by atoms with E-state index in [1.165, 1.54) is 30.4 Å². The van der Waals surface area contributed by atoms with E-state index in [0.717, 1.165) is 47.4 Å². The van der Waals surface area contributed by atoms with E-state index < -0.39 is 0 Å². The number of nitrogens with one attached hydrogen (secondary N) is 1. The average molecular weight is 433 g/mol. The first-order valence-electron chi connectivity index (χ1n) is 11.4. The van der Waals surface area contributed by atoms with E-state index in [0.29, 0.717) is 12.8 Å². The van der Waals surface area contributed by atoms with Crippen LogP contribution in [0.25, 0.3) is 5.82 Å². The Bertz CT molecular complexity index is 1110. The SMILES string of the molecule is Cc1ccc(NC(=O)CCc2c(C)nn(-c3cc(N4CCCCC4)ncn3)c2C)cc1C. The fourth-order valence-electron chi connectivity index (χ4n) is 4.29. The van der Waals surface area contributed by atoms with Crippen molar-refractivity contribution in [3.63, 3.8) is 0 Å². The van der Waals surface area contributed by atoms with Crippen LogP contribution in [-0.4, -0.2) is 38.7 Å². The van der Waals surface area contributed by atoms with Gasteiger partial charge in [0.05, 0.1) is 5.69 Å². The minimum absolute atomic E-state index is 0.00854. The predicted octanol–water partition coefficient (Wildman–Crippen LogP) is 4.46. The number of carbonyl (C=O) groups is 1. The molecular formula is C25H32N6O. The van der Waals surface area contributed by atoms with Crippen LogP contribution in [0.15, 0.2) is 30.6 Å². The molecule has 1 amide bonds. The molecule has 7 nitrogen and oxygen atoms in total. The monoisotopic (exact) mass is 432 g/mol. The van der Waals surface area contributed by atoms with Crippen molar-refractivity contribution in [2.24, 2.45) is 0 Å². The van der Waals surface area contributed by atoms with Crippen LogP contribution in [-0.2, 0) is 11.2 Å². The minimum Gasteiger partial charge on any atom is -0.356 e. The first kappa shape index (κ1) is 22.0. The second-order valence-electron chi connectivity index (χ2n) is 8.69. The van der Waals surface area contributed by atoms with Gasteiger partial charge in [-0.1, -0.05) is 6.07 Å². The van der Waals surface area contributed by atoms with Crippen LogP contribution < -0.4 is 10.2 Å². The third kappa shape index (κ3) is 4.82. The molecule has 0 aliphatic carbocycles. The summed E-state index contributed by atoms with van der Waals surface area (Å²) in [4.78, 5) is 23.8. The zero-order chi connectivity index (χ0) is 22.7. The highest BCUT2D eigenvalue weighted by Gasteiger charge is 2.17. The number of carbonyl (C=O) groups excluding carboxylic acids is 1. The molecule has 3 heterocycles. The van der Waals surface area contributed by atoms with E-state index in [-0.39, 0.29) is 5.91 Å². The van der Waals surface area contributed by atoms with Crippen LogP contribution in [0.2, 0.25) is 0 Å². The number of amides is 1. The summed E-state index contributed by atoms with van der Waals surface area (Å²) in [7, 11) is 0. The molecule has 4 rings (SSSR count). The van der Waals surface area contributed by atoms with Gasteiger partial charge in [0.25, 0.3) is 0 Å². The Labute approximate surface area is 189 Å². The molecule has 32 heavy (non-hydrogen) atoms. The van der Waals surface area contributed by atoms with Crippen molar-refractivity contribution in [2.75, 3.05) is 23.3 Å². The molecule has 1 aliphatic rings. The van der Waals surface area contributed by atoms with Crippen molar-refractivity contribution in [1.29, 1.82) is 0 Å². The quantitative estimate of drug-likeness (QED) is 0.622. The summed E-state index contributed by atoms with van der Waals surface area (Å²) in [5.41, 5.74) is 6.27. The number of hydrogen-bond acceptors (Lipinski definition) is 5. The van der Waals surface area contributed by atoms with Crippen molar-refractivity contribution in [2.45, 2.75) is 59.8 Å². The smallest absolute Gasteiger partial charge is 0.224 e. The van der Waals surface area contributed by atoms with Crippen LogP contribution in [0.4, 0.5) is 11.5 Å². The summed E-state index contributed by atoms with van der Waals surface area (Å²) in [6, 6.07) is 8.00. The van der Waals surface area contributed by atoms with Crippen LogP contribution in [0.1, 0.15) is 53.8 Å². The number of rotatable bonds is 6. The fraction of sp³-hybridized carbons (Fsp3) is 0.440. The van der Waals surface area contributed by atoms with E-state index >= 15 is 0 Å². The highest BCUT2D eigenvalue weighted by atomic mass is 16.1. The lowest BCUT2D eigenvalue weighted by atomic mass is 10.1. The second-order valence-corrected chi connectivity index (χ2v) is 8.69. The summed E-state index contributed by atoms with van der Waals surface area (Å²) in [5.74, 6) is 1.73. The molecule has 0 spiro atoms. The molecule has 1 N–H and O–H groups in total. The summed E-state index contributed by atoms with van der Waals surface area (Å²) in [5, 5.41) is 7.74. The number of aromatic nitrogens is 4. The molecule has 3 aromatic rings. The Balaban J connectivity index is 1.46. The van der Waals surface area contributed by atoms with Gasteiger partial charge in [-0.3, -0.25) is 4.79 Å². The van der Waals surface area contributed by atoms with Gasteiger partial charge in [-0.2, -0.15) is 5.10 Å². The number of piperidine rings is 1. The van der Waals surface area contributed by atoms with E-state index in [9.17, 15) is 4.79 Å². The zero-order valence-electron chi connectivity index (χ0n) is 19.5. The van der Waals surface area contributed by atoms with Crippen LogP contribution in [0, 0.1) is 27.7 Å². The van der Waals surface area contributed by atoms with Crippen molar-refractivity contribution >= 4 is 17.4 Å². The van der Waals surface area contributed by atoms with E-state index in [1.807, 2.05) is 42.8 Å². The van der Waals surface area contributed by atoms with Gasteiger partial charge >= 0.3 is 0 Å². The van der Waals surface area contributed by atoms with Crippen molar-refractivity contribution < 1.29 is 4.79 Å². The van der Waals surface area contributed by atoms with E-state index in [2.05, 4.69) is 34.0 Å². The highest BCUT2D eigenvalue weighted by Crippen LogP contribution is 2.22. The lowest BCUT2D eigenvalue weighted by Crippen LogP contribution is -2.30. The summed E-state index contributed by atoms with van der Waals surface area (Å²) >= 11 is 0. The minimum atomic E-state index is 0.00854. The number of benzene rings is 1. The molecule has 0 unspecified atom stereocenters. The normalized spacial score (nSPS) is 13.9. The lowest BCUT2D eigenvalue weighted by Gasteiger charge is -2.27. The van der Waals surface area contributed by atoms with Gasteiger partial charge in [-0.15, -0.1) is 0 Å². The van der Waals surface area contributed by atoms with Gasteiger partial charge < -0.3 is 10.2 Å². The molecule has 0 bridgehead atoms. The molecule has 0 atom stereocenters. The number of hydrogen-bond donors (Lipinski definition) is 1. The maximum absolute atomic E-state index is 12.5. The van der Waals surface area contributed by atoms with Crippen molar-refractivity contribution in [1.82, 2.24) is 19.7 Å². The Hall–Kier alpha value is -3.22. The predicted molar refractivity (Wildman–Crippen MR) is 128 cm³/mol.